The summed E-state index contributed by atoms with van der Waals surface area (Å²) in [6.07, 6.45) is 3.67. The minimum Gasteiger partial charge on any atom is -0.355 e. The zero-order valence-electron chi connectivity index (χ0n) is 14.1. The van der Waals surface area contributed by atoms with Crippen molar-refractivity contribution in [3.8, 4) is 0 Å². The molecule has 9 heteroatoms. The van der Waals surface area contributed by atoms with E-state index >= 15 is 0 Å². The predicted octanol–water partition coefficient (Wildman–Crippen LogP) is 2.31. The number of aromatic nitrogens is 3. The van der Waals surface area contributed by atoms with E-state index < -0.39 is 4.92 Å². The van der Waals surface area contributed by atoms with Crippen LogP contribution in [0.1, 0.15) is 12.8 Å². The molecule has 3 heterocycles. The van der Waals surface area contributed by atoms with Crippen LogP contribution in [0.3, 0.4) is 0 Å². The van der Waals surface area contributed by atoms with Crippen LogP contribution in [0.5, 0.6) is 0 Å². The maximum atomic E-state index is 11.3. The molecule has 0 radical (unpaired) electrons. The summed E-state index contributed by atoms with van der Waals surface area (Å²) in [7, 11) is 0. The molecule has 0 unspecified atom stereocenters. The van der Waals surface area contributed by atoms with Crippen molar-refractivity contribution in [3.63, 3.8) is 0 Å². The Morgan fingerprint density at radius 3 is 2.96 bits per heavy atom. The zero-order valence-corrected chi connectivity index (χ0v) is 14.1. The number of nitro groups is 1. The second kappa shape index (κ2) is 6.60. The van der Waals surface area contributed by atoms with Gasteiger partial charge in [-0.25, -0.2) is 4.98 Å². The van der Waals surface area contributed by atoms with E-state index in [4.69, 9.17) is 5.73 Å². The van der Waals surface area contributed by atoms with Crippen LogP contribution in [-0.2, 0) is 0 Å². The number of benzene rings is 1. The Labute approximate surface area is 149 Å². The Balaban J connectivity index is 1.75. The molecule has 1 fully saturated rings. The fraction of sp³-hybridized carbons (Fsp3) is 0.294. The minimum atomic E-state index is -0.408. The third kappa shape index (κ3) is 3.04. The van der Waals surface area contributed by atoms with Gasteiger partial charge in [-0.15, -0.1) is 0 Å². The molecule has 1 aliphatic rings. The van der Waals surface area contributed by atoms with Crippen molar-refractivity contribution in [1.29, 1.82) is 0 Å². The van der Waals surface area contributed by atoms with Gasteiger partial charge in [-0.2, -0.15) is 9.61 Å². The van der Waals surface area contributed by atoms with E-state index in [0.29, 0.717) is 17.2 Å². The van der Waals surface area contributed by atoms with Gasteiger partial charge >= 0.3 is 0 Å². The Morgan fingerprint density at radius 2 is 2.15 bits per heavy atom. The van der Waals surface area contributed by atoms with Crippen LogP contribution >= 0.6 is 0 Å². The summed E-state index contributed by atoms with van der Waals surface area (Å²) < 4.78 is 1.63. The first-order valence-corrected chi connectivity index (χ1v) is 8.47. The van der Waals surface area contributed by atoms with Gasteiger partial charge in [0.15, 0.2) is 5.65 Å². The highest BCUT2D eigenvalue weighted by Gasteiger charge is 2.20. The summed E-state index contributed by atoms with van der Waals surface area (Å²) in [6.45, 7) is 1.62. The van der Waals surface area contributed by atoms with Crippen molar-refractivity contribution in [1.82, 2.24) is 14.6 Å². The summed E-state index contributed by atoms with van der Waals surface area (Å²) in [4.78, 5) is 17.7. The SMILES string of the molecule is N[C@@H]1CCCN(c2cc(Nc3ccccc3[N+](=O)[O-])n3nccc3n2)C1. The van der Waals surface area contributed by atoms with Crippen LogP contribution in [0.15, 0.2) is 42.6 Å². The number of hydrogen-bond donors (Lipinski definition) is 2. The fourth-order valence-corrected chi connectivity index (χ4v) is 3.25. The average molecular weight is 353 g/mol. The van der Waals surface area contributed by atoms with Gasteiger partial charge in [-0.05, 0) is 18.9 Å². The van der Waals surface area contributed by atoms with Crippen LogP contribution in [0.25, 0.3) is 5.65 Å². The topological polar surface area (TPSA) is 115 Å². The smallest absolute Gasteiger partial charge is 0.292 e. The monoisotopic (exact) mass is 353 g/mol. The molecule has 1 saturated heterocycles. The highest BCUT2D eigenvalue weighted by atomic mass is 16.6. The Bertz CT molecular complexity index is 955. The van der Waals surface area contributed by atoms with Gasteiger partial charge in [-0.3, -0.25) is 10.1 Å². The number of nitrogens with zero attached hydrogens (tertiary/aromatic N) is 5. The van der Waals surface area contributed by atoms with E-state index in [2.05, 4.69) is 20.3 Å². The maximum absolute atomic E-state index is 11.3. The van der Waals surface area contributed by atoms with Gasteiger partial charge in [0, 0.05) is 37.3 Å². The molecule has 4 rings (SSSR count). The molecule has 0 spiro atoms. The number of piperidine rings is 1. The first-order chi connectivity index (χ1) is 12.6. The number of anilines is 3. The standard InChI is InChI=1S/C17H19N7O2/c18-12-4-3-9-22(11-12)16-10-17(23-15(21-16)7-8-19-23)20-13-5-1-2-6-14(13)24(25)26/h1-2,5-8,10,12,20H,3-4,9,11,18H2/t12-/m1/s1. The molecule has 3 N–H and O–H groups in total. The van der Waals surface area contributed by atoms with E-state index in [0.717, 1.165) is 31.7 Å². The minimum absolute atomic E-state index is 0.00571. The van der Waals surface area contributed by atoms with Gasteiger partial charge in [0.1, 0.15) is 17.3 Å². The molecule has 0 bridgehead atoms. The molecule has 1 atom stereocenters. The summed E-state index contributed by atoms with van der Waals surface area (Å²) in [6, 6.07) is 10.3. The van der Waals surface area contributed by atoms with Crippen molar-refractivity contribution in [3.05, 3.63) is 52.7 Å². The van der Waals surface area contributed by atoms with Gasteiger partial charge in [0.2, 0.25) is 0 Å². The average Bonchev–Trinajstić information content (AvgIpc) is 3.11. The van der Waals surface area contributed by atoms with E-state index in [9.17, 15) is 10.1 Å². The summed E-state index contributed by atoms with van der Waals surface area (Å²) in [5, 5.41) is 18.7. The number of nitro benzene ring substituents is 1. The number of para-hydroxylation sites is 2. The van der Waals surface area contributed by atoms with Crippen molar-refractivity contribution < 1.29 is 4.92 Å². The summed E-state index contributed by atoms with van der Waals surface area (Å²) in [5.74, 6) is 1.40. The highest BCUT2D eigenvalue weighted by molar-refractivity contribution is 5.70. The van der Waals surface area contributed by atoms with E-state index in [1.54, 1.807) is 35.0 Å². The second-order valence-corrected chi connectivity index (χ2v) is 6.35. The molecular formula is C17H19N7O2. The molecule has 3 aromatic rings. The largest absolute Gasteiger partial charge is 0.355 e. The zero-order chi connectivity index (χ0) is 18.1. The number of hydrogen-bond acceptors (Lipinski definition) is 7. The van der Waals surface area contributed by atoms with E-state index in [-0.39, 0.29) is 11.7 Å². The molecule has 134 valence electrons. The highest BCUT2D eigenvalue weighted by Crippen LogP contribution is 2.29. The first kappa shape index (κ1) is 16.3. The van der Waals surface area contributed by atoms with Gasteiger partial charge < -0.3 is 16.0 Å². The summed E-state index contributed by atoms with van der Waals surface area (Å²) >= 11 is 0. The van der Waals surface area contributed by atoms with Crippen molar-refractivity contribution in [2.45, 2.75) is 18.9 Å². The van der Waals surface area contributed by atoms with Crippen LogP contribution in [0, 0.1) is 10.1 Å². The van der Waals surface area contributed by atoms with Crippen LogP contribution < -0.4 is 16.0 Å². The normalized spacial score (nSPS) is 17.4. The third-order valence-electron chi connectivity index (χ3n) is 4.49. The molecule has 9 nitrogen and oxygen atoms in total. The number of nitrogens with two attached hydrogens (primary N) is 1. The molecule has 0 amide bonds. The second-order valence-electron chi connectivity index (χ2n) is 6.35. The van der Waals surface area contributed by atoms with Crippen molar-refractivity contribution in [2.24, 2.45) is 5.73 Å². The number of rotatable bonds is 4. The molecule has 26 heavy (non-hydrogen) atoms. The number of fused-ring (bicyclic) bond motifs is 1. The van der Waals surface area contributed by atoms with Crippen LogP contribution in [-0.4, -0.2) is 38.7 Å². The summed E-state index contributed by atoms with van der Waals surface area (Å²) in [5.41, 5.74) is 7.17. The Hall–Kier alpha value is -3.20. The number of nitrogens with one attached hydrogen (secondary N) is 1. The molecule has 0 saturated carbocycles. The van der Waals surface area contributed by atoms with Gasteiger partial charge in [-0.1, -0.05) is 12.1 Å². The van der Waals surface area contributed by atoms with Crippen molar-refractivity contribution in [2.75, 3.05) is 23.3 Å². The maximum Gasteiger partial charge on any atom is 0.292 e. The Morgan fingerprint density at radius 1 is 1.31 bits per heavy atom. The molecule has 1 aliphatic heterocycles. The first-order valence-electron chi connectivity index (χ1n) is 8.47. The lowest BCUT2D eigenvalue weighted by molar-refractivity contribution is -0.383. The lowest BCUT2D eigenvalue weighted by Gasteiger charge is -2.32. The van der Waals surface area contributed by atoms with Gasteiger partial charge in [0.05, 0.1) is 11.1 Å². The predicted molar refractivity (Wildman–Crippen MR) is 98.8 cm³/mol. The lowest BCUT2D eigenvalue weighted by Crippen LogP contribution is -2.43. The van der Waals surface area contributed by atoms with E-state index in [1.165, 1.54) is 6.07 Å². The Kier molecular flexibility index (Phi) is 4.13. The quantitative estimate of drug-likeness (QED) is 0.546. The third-order valence-corrected chi connectivity index (χ3v) is 4.49. The van der Waals surface area contributed by atoms with Crippen LogP contribution in [0.2, 0.25) is 0 Å². The molecule has 1 aromatic carbocycles. The van der Waals surface area contributed by atoms with Crippen molar-refractivity contribution >= 4 is 28.7 Å². The molecule has 2 aromatic heterocycles. The molecular weight excluding hydrogens is 334 g/mol. The fourth-order valence-electron chi connectivity index (χ4n) is 3.25. The van der Waals surface area contributed by atoms with Gasteiger partial charge in [0.25, 0.3) is 5.69 Å². The lowest BCUT2D eigenvalue weighted by atomic mass is 10.1. The molecule has 0 aliphatic carbocycles. The van der Waals surface area contributed by atoms with Crippen LogP contribution in [0.4, 0.5) is 23.0 Å². The van der Waals surface area contributed by atoms with E-state index in [1.807, 2.05) is 6.07 Å².